The van der Waals surface area contributed by atoms with Gasteiger partial charge in [0.05, 0.1) is 13.2 Å². The number of allylic oxidation sites excluding steroid dienone is 1. The minimum atomic E-state index is -0.373. The molecule has 2 atom stereocenters. The average Bonchev–Trinajstić information content (AvgIpc) is 3.58. The maximum absolute atomic E-state index is 12.9. The molecular weight excluding hydrogens is 342 g/mol. The highest BCUT2D eigenvalue weighted by Gasteiger charge is 2.38. The van der Waals surface area contributed by atoms with Crippen molar-refractivity contribution in [3.8, 4) is 0 Å². The first-order valence-electron chi connectivity index (χ1n) is 10.2. The van der Waals surface area contributed by atoms with Gasteiger partial charge in [-0.25, -0.2) is 0 Å². The summed E-state index contributed by atoms with van der Waals surface area (Å²) in [5.41, 5.74) is 1.93. The van der Waals surface area contributed by atoms with Gasteiger partial charge in [-0.3, -0.25) is 4.79 Å². The zero-order chi connectivity index (χ0) is 18.6. The van der Waals surface area contributed by atoms with E-state index in [-0.39, 0.29) is 18.8 Å². The maximum Gasteiger partial charge on any atom is 0.288 e. The molecule has 3 aliphatic rings. The molecule has 2 fully saturated rings. The van der Waals surface area contributed by atoms with Crippen LogP contribution in [0.1, 0.15) is 49.7 Å². The Hall–Kier alpha value is -1.85. The Balaban J connectivity index is 1.39. The van der Waals surface area contributed by atoms with Crippen LogP contribution in [0, 0.1) is 11.8 Å². The van der Waals surface area contributed by atoms with Gasteiger partial charge < -0.3 is 19.5 Å². The van der Waals surface area contributed by atoms with Gasteiger partial charge in [0, 0.05) is 19.5 Å². The van der Waals surface area contributed by atoms with E-state index in [1.54, 1.807) is 0 Å². The van der Waals surface area contributed by atoms with Gasteiger partial charge >= 0.3 is 0 Å². The fourth-order valence-corrected chi connectivity index (χ4v) is 3.97. The summed E-state index contributed by atoms with van der Waals surface area (Å²) in [4.78, 5) is 14.8. The quantitative estimate of drug-likeness (QED) is 0.833. The van der Waals surface area contributed by atoms with Crippen LogP contribution >= 0.6 is 0 Å². The molecule has 2 aliphatic heterocycles. The van der Waals surface area contributed by atoms with E-state index in [1.165, 1.54) is 19.3 Å². The number of carbonyl (C=O) groups excluding carboxylic acids is 1. The Morgan fingerprint density at radius 2 is 1.81 bits per heavy atom. The maximum atomic E-state index is 12.9. The highest BCUT2D eigenvalue weighted by atomic mass is 16.7. The smallest absolute Gasteiger partial charge is 0.288 e. The van der Waals surface area contributed by atoms with Crippen LogP contribution in [0.4, 0.5) is 0 Å². The lowest BCUT2D eigenvalue weighted by Gasteiger charge is -2.33. The number of hydrogen-bond acceptors (Lipinski definition) is 4. The van der Waals surface area contributed by atoms with Crippen molar-refractivity contribution in [3.05, 3.63) is 47.2 Å². The number of piperidine rings is 1. The third-order valence-electron chi connectivity index (χ3n) is 5.81. The Kier molecular flexibility index (Phi) is 5.79. The lowest BCUT2D eigenvalue weighted by molar-refractivity contribution is -0.159. The number of benzene rings is 1. The van der Waals surface area contributed by atoms with Crippen LogP contribution in [0.2, 0.25) is 0 Å². The van der Waals surface area contributed by atoms with Crippen molar-refractivity contribution in [3.63, 3.8) is 0 Å². The van der Waals surface area contributed by atoms with Crippen molar-refractivity contribution in [2.24, 2.45) is 11.8 Å². The van der Waals surface area contributed by atoms with Gasteiger partial charge in [-0.05, 0) is 61.1 Å². The lowest BCUT2D eigenvalue weighted by Crippen LogP contribution is -2.39. The van der Waals surface area contributed by atoms with E-state index in [4.69, 9.17) is 14.6 Å². The molecule has 1 aromatic rings. The number of nitrogens with zero attached hydrogens (tertiary/aromatic N) is 1. The van der Waals surface area contributed by atoms with Crippen LogP contribution in [-0.2, 0) is 27.5 Å². The topological polar surface area (TPSA) is 59.0 Å². The fraction of sp³-hybridized carbons (Fsp3) is 0.591. The molecule has 5 heteroatoms. The summed E-state index contributed by atoms with van der Waals surface area (Å²) in [6, 6.07) is 7.72. The van der Waals surface area contributed by atoms with Gasteiger partial charge in [0.15, 0.2) is 5.76 Å². The minimum absolute atomic E-state index is 0.0287. The highest BCUT2D eigenvalue weighted by Crippen LogP contribution is 2.43. The van der Waals surface area contributed by atoms with Crippen LogP contribution in [0.15, 0.2) is 36.1 Å². The number of aliphatic hydroxyl groups excluding tert-OH is 1. The van der Waals surface area contributed by atoms with Crippen LogP contribution in [-0.4, -0.2) is 35.3 Å². The van der Waals surface area contributed by atoms with Crippen LogP contribution in [0.25, 0.3) is 0 Å². The van der Waals surface area contributed by atoms with Gasteiger partial charge in [-0.2, -0.15) is 0 Å². The van der Waals surface area contributed by atoms with Gasteiger partial charge in [-0.15, -0.1) is 0 Å². The molecular formula is C22H29NO4. The molecule has 0 bridgehead atoms. The zero-order valence-electron chi connectivity index (χ0n) is 15.8. The summed E-state index contributed by atoms with van der Waals surface area (Å²) < 4.78 is 12.0. The summed E-state index contributed by atoms with van der Waals surface area (Å²) in [7, 11) is 0. The molecule has 0 spiro atoms. The molecule has 4 rings (SSSR count). The molecule has 146 valence electrons. The summed E-state index contributed by atoms with van der Waals surface area (Å²) in [6.45, 7) is 2.15. The Morgan fingerprint density at radius 3 is 2.48 bits per heavy atom. The number of ether oxygens (including phenoxy) is 2. The van der Waals surface area contributed by atoms with E-state index in [2.05, 4.69) is 6.08 Å². The van der Waals surface area contributed by atoms with Crippen LogP contribution in [0.5, 0.6) is 0 Å². The molecule has 5 nitrogen and oxygen atoms in total. The summed E-state index contributed by atoms with van der Waals surface area (Å²) in [6.07, 6.45) is 8.34. The molecule has 0 aromatic heterocycles. The molecule has 0 unspecified atom stereocenters. The third kappa shape index (κ3) is 4.71. The Bertz CT molecular complexity index is 674. The summed E-state index contributed by atoms with van der Waals surface area (Å²) in [5, 5.41) is 9.14. The average molecular weight is 371 g/mol. The molecule has 2 heterocycles. The highest BCUT2D eigenvalue weighted by molar-refractivity contribution is 5.91. The lowest BCUT2D eigenvalue weighted by atomic mass is 9.96. The first-order chi connectivity index (χ1) is 13.2. The second-order valence-electron chi connectivity index (χ2n) is 7.95. The number of carbonyl (C=O) groups is 1. The van der Waals surface area contributed by atoms with E-state index >= 15 is 0 Å². The van der Waals surface area contributed by atoms with Crippen molar-refractivity contribution in [2.45, 2.75) is 58.0 Å². The van der Waals surface area contributed by atoms with Gasteiger partial charge in [-0.1, -0.05) is 24.3 Å². The number of amides is 1. The molecule has 1 saturated heterocycles. The van der Waals surface area contributed by atoms with Crippen molar-refractivity contribution in [2.75, 3.05) is 13.1 Å². The summed E-state index contributed by atoms with van der Waals surface area (Å²) >= 11 is 0. The van der Waals surface area contributed by atoms with E-state index < -0.39 is 0 Å². The monoisotopic (exact) mass is 371 g/mol. The van der Waals surface area contributed by atoms with E-state index in [0.717, 1.165) is 43.5 Å². The fourth-order valence-electron chi connectivity index (χ4n) is 3.97. The van der Waals surface area contributed by atoms with Crippen LogP contribution in [0.3, 0.4) is 0 Å². The Morgan fingerprint density at radius 1 is 1.11 bits per heavy atom. The number of hydrogen-bond donors (Lipinski definition) is 1. The predicted molar refractivity (Wildman–Crippen MR) is 101 cm³/mol. The van der Waals surface area contributed by atoms with Gasteiger partial charge in [0.2, 0.25) is 6.29 Å². The molecule has 0 radical (unpaired) electrons. The first kappa shape index (κ1) is 18.5. The van der Waals surface area contributed by atoms with Gasteiger partial charge in [0.1, 0.15) is 0 Å². The van der Waals surface area contributed by atoms with Crippen molar-refractivity contribution in [1.82, 2.24) is 4.90 Å². The molecule has 27 heavy (non-hydrogen) atoms. The van der Waals surface area contributed by atoms with E-state index in [1.807, 2.05) is 29.2 Å². The molecule has 1 saturated carbocycles. The summed E-state index contributed by atoms with van der Waals surface area (Å²) in [5.74, 6) is 1.57. The first-order valence-corrected chi connectivity index (χ1v) is 10.2. The van der Waals surface area contributed by atoms with Crippen molar-refractivity contribution >= 4 is 5.91 Å². The number of aliphatic hydroxyl groups is 1. The normalized spacial score (nSPS) is 25.7. The van der Waals surface area contributed by atoms with Crippen molar-refractivity contribution < 1.29 is 19.4 Å². The largest absolute Gasteiger partial charge is 0.459 e. The predicted octanol–water partition coefficient (Wildman–Crippen LogP) is 3.36. The Labute approximate surface area is 161 Å². The molecule has 1 aliphatic carbocycles. The standard InChI is InChI=1S/C22H29NO4/c24-14-16-4-6-17(7-5-16)15-26-21-13-19(18-8-9-18)12-20(27-21)22(25)23-10-2-1-3-11-23/h4-7,12,18-19,21,24H,1-3,8-11,13-15H2/t19-,21+/m0/s1. The molecule has 1 aromatic carbocycles. The van der Waals surface area contributed by atoms with E-state index in [9.17, 15) is 4.79 Å². The number of likely N-dealkylation sites (tertiary alicyclic amines) is 1. The second kappa shape index (κ2) is 8.44. The molecule has 1 amide bonds. The minimum Gasteiger partial charge on any atom is -0.459 e. The van der Waals surface area contributed by atoms with Gasteiger partial charge in [0.25, 0.3) is 5.91 Å². The van der Waals surface area contributed by atoms with E-state index in [0.29, 0.717) is 24.2 Å². The second-order valence-corrected chi connectivity index (χ2v) is 7.95. The van der Waals surface area contributed by atoms with Crippen molar-refractivity contribution in [1.29, 1.82) is 0 Å². The zero-order valence-corrected chi connectivity index (χ0v) is 15.8. The van der Waals surface area contributed by atoms with Crippen LogP contribution < -0.4 is 0 Å². The SMILES string of the molecule is O=C(C1=C[C@H](C2CC2)C[C@H](OCc2ccc(CO)cc2)O1)N1CCCCC1. The third-order valence-corrected chi connectivity index (χ3v) is 5.81. The number of rotatable bonds is 6. The molecule has 1 N–H and O–H groups in total.